The fourth-order valence-electron chi connectivity index (χ4n) is 1.11. The van der Waals surface area contributed by atoms with Crippen LogP contribution in [0.2, 0.25) is 0 Å². The molecular weight excluding hydrogens is 122 g/mol. The minimum atomic E-state index is 0.981. The van der Waals surface area contributed by atoms with E-state index in [2.05, 4.69) is 18.0 Å². The molecule has 1 aliphatic heterocycles. The Hall–Kier alpha value is -1.11. The lowest BCUT2D eigenvalue weighted by atomic mass is 10.2. The lowest BCUT2D eigenvalue weighted by Gasteiger charge is -1.85. The summed E-state index contributed by atoms with van der Waals surface area (Å²) in [6.07, 6.45) is 10.3. The monoisotopic (exact) mass is 130 g/mol. The van der Waals surface area contributed by atoms with Gasteiger partial charge in [-0.3, -0.25) is 4.99 Å². The summed E-state index contributed by atoms with van der Waals surface area (Å²) in [5.74, 6) is 0. The molecule has 0 bridgehead atoms. The molecule has 0 amide bonds. The van der Waals surface area contributed by atoms with E-state index >= 15 is 0 Å². The van der Waals surface area contributed by atoms with E-state index in [9.17, 15) is 0 Å². The minimum absolute atomic E-state index is 0.981. The van der Waals surface area contributed by atoms with Gasteiger partial charge in [0.15, 0.2) is 0 Å². The van der Waals surface area contributed by atoms with Gasteiger partial charge in [0.2, 0.25) is 0 Å². The Bertz CT molecular complexity index is 277. The number of allylic oxidation sites excluding steroid dienone is 6. The Labute approximate surface area is 60.5 Å². The highest BCUT2D eigenvalue weighted by Gasteiger charge is 2.13. The SMILES string of the molecule is CCC1=[C]C2=CC=CC2=N1. The number of aliphatic imine (C=N–C) groups is 1. The van der Waals surface area contributed by atoms with Gasteiger partial charge in [-0.2, -0.15) is 0 Å². The fourth-order valence-corrected chi connectivity index (χ4v) is 1.11. The number of rotatable bonds is 1. The van der Waals surface area contributed by atoms with Crippen LogP contribution in [0.4, 0.5) is 0 Å². The Morgan fingerprint density at radius 2 is 2.50 bits per heavy atom. The van der Waals surface area contributed by atoms with Gasteiger partial charge in [0, 0.05) is 17.3 Å². The Kier molecular flexibility index (Phi) is 1.10. The summed E-state index contributed by atoms with van der Waals surface area (Å²) in [5.41, 5.74) is 3.30. The molecule has 0 aromatic rings. The van der Waals surface area contributed by atoms with Crippen LogP contribution in [0.15, 0.2) is 34.5 Å². The first-order chi connectivity index (χ1) is 4.90. The van der Waals surface area contributed by atoms with Gasteiger partial charge in [-0.15, -0.1) is 0 Å². The maximum Gasteiger partial charge on any atom is 0.0712 e. The van der Waals surface area contributed by atoms with Gasteiger partial charge < -0.3 is 0 Å². The first-order valence-electron chi connectivity index (χ1n) is 3.50. The predicted octanol–water partition coefficient (Wildman–Crippen LogP) is 2.03. The van der Waals surface area contributed by atoms with Crippen LogP contribution in [0.25, 0.3) is 0 Å². The van der Waals surface area contributed by atoms with Gasteiger partial charge >= 0.3 is 0 Å². The zero-order valence-electron chi connectivity index (χ0n) is 5.89. The third-order valence-corrected chi connectivity index (χ3v) is 1.66. The van der Waals surface area contributed by atoms with Gasteiger partial charge in [-0.25, -0.2) is 0 Å². The summed E-state index contributed by atoms with van der Waals surface area (Å²) in [4.78, 5) is 4.34. The Balaban J connectivity index is 2.38. The van der Waals surface area contributed by atoms with Crippen LogP contribution in [0.1, 0.15) is 13.3 Å². The molecule has 2 aliphatic rings. The second-order valence-electron chi connectivity index (χ2n) is 2.36. The van der Waals surface area contributed by atoms with Crippen molar-refractivity contribution in [1.29, 1.82) is 0 Å². The fraction of sp³-hybridized carbons (Fsp3) is 0.222. The maximum absolute atomic E-state index is 4.34. The molecule has 1 aliphatic carbocycles. The molecular formula is C9H8N. The van der Waals surface area contributed by atoms with Gasteiger partial charge in [-0.1, -0.05) is 19.1 Å². The van der Waals surface area contributed by atoms with Crippen molar-refractivity contribution in [3.8, 4) is 0 Å². The average molecular weight is 130 g/mol. The number of nitrogens with zero attached hydrogens (tertiary/aromatic N) is 1. The van der Waals surface area contributed by atoms with Gasteiger partial charge in [-0.05, 0) is 12.5 Å². The molecule has 0 spiro atoms. The molecule has 2 rings (SSSR count). The minimum Gasteiger partial charge on any atom is -0.252 e. The third-order valence-electron chi connectivity index (χ3n) is 1.66. The molecule has 1 nitrogen and oxygen atoms in total. The standard InChI is InChI=1S/C9H8N/c1-2-8-6-7-4-3-5-9(7)10-8/h3-5H,2H2,1H3. The van der Waals surface area contributed by atoms with Crippen molar-refractivity contribution < 1.29 is 0 Å². The maximum atomic E-state index is 4.34. The van der Waals surface area contributed by atoms with E-state index < -0.39 is 0 Å². The molecule has 0 unspecified atom stereocenters. The molecule has 0 saturated carbocycles. The quantitative estimate of drug-likeness (QED) is 0.515. The number of fused-ring (bicyclic) bond motifs is 1. The van der Waals surface area contributed by atoms with E-state index in [0.29, 0.717) is 0 Å². The van der Waals surface area contributed by atoms with E-state index in [1.165, 1.54) is 0 Å². The van der Waals surface area contributed by atoms with Crippen LogP contribution in [-0.2, 0) is 0 Å². The molecule has 10 heavy (non-hydrogen) atoms. The van der Waals surface area contributed by atoms with E-state index in [-0.39, 0.29) is 0 Å². The van der Waals surface area contributed by atoms with Crippen molar-refractivity contribution in [3.05, 3.63) is 35.6 Å². The first kappa shape index (κ1) is 5.66. The summed E-state index contributed by atoms with van der Waals surface area (Å²) < 4.78 is 0. The summed E-state index contributed by atoms with van der Waals surface area (Å²) in [5, 5.41) is 0. The van der Waals surface area contributed by atoms with Gasteiger partial charge in [0.1, 0.15) is 0 Å². The summed E-state index contributed by atoms with van der Waals surface area (Å²) in [6, 6.07) is 0. The molecule has 0 N–H and O–H groups in total. The second-order valence-corrected chi connectivity index (χ2v) is 2.36. The van der Waals surface area contributed by atoms with E-state index in [4.69, 9.17) is 0 Å². The topological polar surface area (TPSA) is 12.4 Å². The predicted molar refractivity (Wildman–Crippen MR) is 41.7 cm³/mol. The third kappa shape index (κ3) is 0.670. The molecule has 1 heterocycles. The van der Waals surface area contributed by atoms with E-state index in [1.54, 1.807) is 0 Å². The highest BCUT2D eigenvalue weighted by atomic mass is 14.8. The Morgan fingerprint density at radius 1 is 1.60 bits per heavy atom. The van der Waals surface area contributed by atoms with E-state index in [1.807, 2.05) is 18.2 Å². The van der Waals surface area contributed by atoms with Crippen LogP contribution in [0, 0.1) is 6.08 Å². The van der Waals surface area contributed by atoms with Crippen LogP contribution >= 0.6 is 0 Å². The number of hydrogen-bond acceptors (Lipinski definition) is 1. The van der Waals surface area contributed by atoms with Crippen molar-refractivity contribution in [2.45, 2.75) is 13.3 Å². The summed E-state index contributed by atoms with van der Waals surface area (Å²) in [6.45, 7) is 2.09. The molecule has 49 valence electrons. The van der Waals surface area contributed by atoms with Crippen LogP contribution in [-0.4, -0.2) is 5.71 Å². The zero-order chi connectivity index (χ0) is 6.97. The average Bonchev–Trinajstić information content (AvgIpc) is 2.42. The second kappa shape index (κ2) is 1.94. The Morgan fingerprint density at radius 3 is 3.20 bits per heavy atom. The van der Waals surface area contributed by atoms with Crippen molar-refractivity contribution in [3.63, 3.8) is 0 Å². The molecule has 0 fully saturated rings. The lowest BCUT2D eigenvalue weighted by molar-refractivity contribution is 1.07. The normalized spacial score (nSPS) is 20.3. The largest absolute Gasteiger partial charge is 0.252 e. The zero-order valence-corrected chi connectivity index (χ0v) is 5.89. The van der Waals surface area contributed by atoms with Gasteiger partial charge in [0.25, 0.3) is 0 Å². The molecule has 0 aromatic carbocycles. The lowest BCUT2D eigenvalue weighted by Crippen LogP contribution is -1.85. The van der Waals surface area contributed by atoms with Crippen molar-refractivity contribution in [2.75, 3.05) is 0 Å². The first-order valence-corrected chi connectivity index (χ1v) is 3.50. The number of hydrogen-bond donors (Lipinski definition) is 0. The van der Waals surface area contributed by atoms with Crippen molar-refractivity contribution >= 4 is 5.71 Å². The van der Waals surface area contributed by atoms with Crippen LogP contribution < -0.4 is 0 Å². The molecule has 1 radical (unpaired) electrons. The van der Waals surface area contributed by atoms with Crippen LogP contribution in [0.5, 0.6) is 0 Å². The molecule has 1 heteroatoms. The molecule has 0 saturated heterocycles. The van der Waals surface area contributed by atoms with Crippen molar-refractivity contribution in [1.82, 2.24) is 0 Å². The molecule has 0 atom stereocenters. The van der Waals surface area contributed by atoms with Crippen LogP contribution in [0.3, 0.4) is 0 Å². The highest BCUT2D eigenvalue weighted by molar-refractivity contribution is 6.14. The molecule has 0 aromatic heterocycles. The summed E-state index contributed by atoms with van der Waals surface area (Å²) in [7, 11) is 0. The highest BCUT2D eigenvalue weighted by Crippen LogP contribution is 2.21. The smallest absolute Gasteiger partial charge is 0.0712 e. The van der Waals surface area contributed by atoms with Crippen molar-refractivity contribution in [2.24, 2.45) is 4.99 Å². The summed E-state index contributed by atoms with van der Waals surface area (Å²) >= 11 is 0. The van der Waals surface area contributed by atoms with E-state index in [0.717, 1.165) is 23.4 Å². The van der Waals surface area contributed by atoms with Gasteiger partial charge in [0.05, 0.1) is 5.71 Å².